The molecule has 2 rings (SSSR count). The molecule has 0 amide bonds. The Hall–Kier alpha value is -1.51. The van der Waals surface area contributed by atoms with Crippen LogP contribution in [-0.2, 0) is 6.54 Å². The van der Waals surface area contributed by atoms with Crippen molar-refractivity contribution in [3.8, 4) is 0 Å². The molecule has 0 aliphatic heterocycles. The lowest BCUT2D eigenvalue weighted by molar-refractivity contribution is 0.817. The number of hydrogen-bond donors (Lipinski definition) is 1. The topological polar surface area (TPSA) is 29.3 Å². The molecule has 0 radical (unpaired) electrons. The molecule has 0 fully saturated rings. The lowest BCUT2D eigenvalue weighted by Gasteiger charge is -2.22. The molecule has 106 valence electrons. The van der Waals surface area contributed by atoms with Crippen LogP contribution in [-0.4, -0.2) is 7.05 Å². The van der Waals surface area contributed by atoms with E-state index in [4.69, 9.17) is 17.3 Å². The van der Waals surface area contributed by atoms with Crippen molar-refractivity contribution < 1.29 is 0 Å². The third-order valence-corrected chi connectivity index (χ3v) is 3.88. The first kappa shape index (κ1) is 14.9. The summed E-state index contributed by atoms with van der Waals surface area (Å²) in [7, 11) is 2.05. The Morgan fingerprint density at radius 2 is 1.90 bits per heavy atom. The monoisotopic (exact) mass is 288 g/mol. The average molecular weight is 289 g/mol. The fourth-order valence-corrected chi connectivity index (χ4v) is 2.58. The Morgan fingerprint density at radius 3 is 2.50 bits per heavy atom. The van der Waals surface area contributed by atoms with Crippen molar-refractivity contribution in [3.05, 3.63) is 64.2 Å². The van der Waals surface area contributed by atoms with Crippen molar-refractivity contribution in [1.82, 2.24) is 0 Å². The summed E-state index contributed by atoms with van der Waals surface area (Å²) in [4.78, 5) is 2.16. The van der Waals surface area contributed by atoms with E-state index >= 15 is 0 Å². The highest BCUT2D eigenvalue weighted by molar-refractivity contribution is 6.33. The fraction of sp³-hybridized carbons (Fsp3) is 0.294. The molecule has 0 saturated carbocycles. The number of halogens is 1. The molecule has 1 atom stereocenters. The van der Waals surface area contributed by atoms with Crippen LogP contribution >= 0.6 is 11.6 Å². The van der Waals surface area contributed by atoms with Crippen LogP contribution in [0.1, 0.15) is 29.7 Å². The van der Waals surface area contributed by atoms with E-state index in [0.29, 0.717) is 0 Å². The lowest BCUT2D eigenvalue weighted by Crippen LogP contribution is -2.17. The van der Waals surface area contributed by atoms with E-state index in [1.807, 2.05) is 25.1 Å². The second-order valence-electron chi connectivity index (χ2n) is 5.28. The predicted octanol–water partition coefficient (Wildman–Crippen LogP) is 4.30. The lowest BCUT2D eigenvalue weighted by atomic mass is 10.1. The molecular formula is C17H21ClN2. The van der Waals surface area contributed by atoms with Crippen molar-refractivity contribution in [1.29, 1.82) is 0 Å². The Bertz CT molecular complexity index is 593. The van der Waals surface area contributed by atoms with Crippen molar-refractivity contribution in [2.45, 2.75) is 26.4 Å². The molecule has 3 heteroatoms. The molecule has 2 N–H and O–H groups in total. The zero-order chi connectivity index (χ0) is 14.7. The number of nitrogens with two attached hydrogens (primary N) is 1. The van der Waals surface area contributed by atoms with Gasteiger partial charge in [-0.3, -0.25) is 0 Å². The number of anilines is 1. The van der Waals surface area contributed by atoms with E-state index in [2.05, 4.69) is 43.1 Å². The van der Waals surface area contributed by atoms with Gasteiger partial charge in [-0.05, 0) is 42.7 Å². The maximum atomic E-state index is 6.38. The molecule has 0 spiro atoms. The molecule has 0 heterocycles. The molecule has 2 aromatic rings. The van der Waals surface area contributed by atoms with Gasteiger partial charge >= 0.3 is 0 Å². The molecular weight excluding hydrogens is 268 g/mol. The summed E-state index contributed by atoms with van der Waals surface area (Å²) in [5.41, 5.74) is 10.6. The summed E-state index contributed by atoms with van der Waals surface area (Å²) in [5, 5.41) is 0.746. The summed E-state index contributed by atoms with van der Waals surface area (Å²) >= 11 is 6.38. The van der Waals surface area contributed by atoms with E-state index in [9.17, 15) is 0 Å². The second-order valence-corrected chi connectivity index (χ2v) is 5.69. The molecule has 0 aromatic heterocycles. The normalized spacial score (nSPS) is 12.2. The molecule has 2 nitrogen and oxygen atoms in total. The number of rotatable bonds is 4. The van der Waals surface area contributed by atoms with Crippen LogP contribution in [0.25, 0.3) is 0 Å². The Labute approximate surface area is 126 Å². The highest BCUT2D eigenvalue weighted by Crippen LogP contribution is 2.29. The molecule has 0 bridgehead atoms. The number of aryl methyl sites for hydroxylation is 1. The minimum Gasteiger partial charge on any atom is -0.369 e. The Kier molecular flexibility index (Phi) is 4.69. The summed E-state index contributed by atoms with van der Waals surface area (Å²) in [6, 6.07) is 14.4. The fourth-order valence-electron chi connectivity index (χ4n) is 2.24. The first-order chi connectivity index (χ1) is 9.49. The van der Waals surface area contributed by atoms with Crippen LogP contribution < -0.4 is 10.6 Å². The number of benzene rings is 2. The SMILES string of the molecule is Cc1ccccc1CN(C)c1ccc(C(C)N)cc1Cl. The van der Waals surface area contributed by atoms with Gasteiger partial charge in [0.1, 0.15) is 0 Å². The van der Waals surface area contributed by atoms with E-state index in [-0.39, 0.29) is 6.04 Å². The third-order valence-electron chi connectivity index (χ3n) is 3.58. The van der Waals surface area contributed by atoms with Crippen molar-refractivity contribution >= 4 is 17.3 Å². The summed E-state index contributed by atoms with van der Waals surface area (Å²) in [6.45, 7) is 4.93. The highest BCUT2D eigenvalue weighted by Gasteiger charge is 2.10. The van der Waals surface area contributed by atoms with Gasteiger partial charge in [0.25, 0.3) is 0 Å². The maximum Gasteiger partial charge on any atom is 0.0642 e. The van der Waals surface area contributed by atoms with Gasteiger partial charge in [0.15, 0.2) is 0 Å². The first-order valence-electron chi connectivity index (χ1n) is 6.79. The molecule has 20 heavy (non-hydrogen) atoms. The summed E-state index contributed by atoms with van der Waals surface area (Å²) in [5.74, 6) is 0. The quantitative estimate of drug-likeness (QED) is 0.908. The van der Waals surface area contributed by atoms with Gasteiger partial charge in [0, 0.05) is 19.6 Å². The molecule has 0 aliphatic rings. The maximum absolute atomic E-state index is 6.38. The minimum absolute atomic E-state index is 0.00299. The van der Waals surface area contributed by atoms with Crippen LogP contribution in [0.4, 0.5) is 5.69 Å². The van der Waals surface area contributed by atoms with Gasteiger partial charge in [-0.25, -0.2) is 0 Å². The predicted molar refractivity (Wildman–Crippen MR) is 87.3 cm³/mol. The molecule has 1 unspecified atom stereocenters. The van der Waals surface area contributed by atoms with Gasteiger partial charge in [0.2, 0.25) is 0 Å². The van der Waals surface area contributed by atoms with E-state index in [0.717, 1.165) is 22.8 Å². The van der Waals surface area contributed by atoms with Gasteiger partial charge in [-0.2, -0.15) is 0 Å². The van der Waals surface area contributed by atoms with Crippen LogP contribution in [0.2, 0.25) is 5.02 Å². The first-order valence-corrected chi connectivity index (χ1v) is 7.17. The number of hydrogen-bond acceptors (Lipinski definition) is 2. The zero-order valence-electron chi connectivity index (χ0n) is 12.2. The highest BCUT2D eigenvalue weighted by atomic mass is 35.5. The van der Waals surface area contributed by atoms with Gasteiger partial charge in [-0.15, -0.1) is 0 Å². The summed E-state index contributed by atoms with van der Waals surface area (Å²) < 4.78 is 0. The van der Waals surface area contributed by atoms with Crippen molar-refractivity contribution in [2.24, 2.45) is 5.73 Å². The zero-order valence-corrected chi connectivity index (χ0v) is 13.0. The number of nitrogens with zero attached hydrogens (tertiary/aromatic N) is 1. The van der Waals surface area contributed by atoms with Crippen LogP contribution in [0.5, 0.6) is 0 Å². The minimum atomic E-state index is 0.00299. The standard InChI is InChI=1S/C17H21ClN2/c1-12-6-4-5-7-15(12)11-20(3)17-9-8-14(13(2)19)10-16(17)18/h4-10,13H,11,19H2,1-3H3. The van der Waals surface area contributed by atoms with Crippen LogP contribution in [0.15, 0.2) is 42.5 Å². The molecule has 0 aliphatic carbocycles. The van der Waals surface area contributed by atoms with Crippen molar-refractivity contribution in [3.63, 3.8) is 0 Å². The van der Waals surface area contributed by atoms with E-state index < -0.39 is 0 Å². The summed E-state index contributed by atoms with van der Waals surface area (Å²) in [6.07, 6.45) is 0. The Morgan fingerprint density at radius 1 is 1.20 bits per heavy atom. The average Bonchev–Trinajstić information content (AvgIpc) is 2.41. The van der Waals surface area contributed by atoms with Gasteiger partial charge in [0.05, 0.1) is 10.7 Å². The largest absolute Gasteiger partial charge is 0.369 e. The smallest absolute Gasteiger partial charge is 0.0642 e. The Balaban J connectivity index is 2.21. The van der Waals surface area contributed by atoms with Crippen LogP contribution in [0, 0.1) is 6.92 Å². The molecule has 0 saturated heterocycles. The molecule has 2 aromatic carbocycles. The van der Waals surface area contributed by atoms with Crippen molar-refractivity contribution in [2.75, 3.05) is 11.9 Å². The van der Waals surface area contributed by atoms with E-state index in [1.54, 1.807) is 0 Å². The second kappa shape index (κ2) is 6.29. The third kappa shape index (κ3) is 3.33. The van der Waals surface area contributed by atoms with Gasteiger partial charge in [-0.1, -0.05) is 41.9 Å². The van der Waals surface area contributed by atoms with Crippen LogP contribution in [0.3, 0.4) is 0 Å². The van der Waals surface area contributed by atoms with E-state index in [1.165, 1.54) is 11.1 Å². The van der Waals surface area contributed by atoms with Gasteiger partial charge < -0.3 is 10.6 Å².